The van der Waals surface area contributed by atoms with Crippen molar-refractivity contribution >= 4 is 41.8 Å². The molecule has 1 N–H and O–H groups in total. The fourth-order valence-electron chi connectivity index (χ4n) is 4.56. The summed E-state index contributed by atoms with van der Waals surface area (Å²) >= 11 is 0. The lowest BCUT2D eigenvalue weighted by Crippen LogP contribution is -2.32. The van der Waals surface area contributed by atoms with E-state index in [1.54, 1.807) is 26.0 Å². The summed E-state index contributed by atoms with van der Waals surface area (Å²) in [5.41, 5.74) is 1.01. The molecular weight excluding hydrogens is 440 g/mol. The standard InChI is InChI=1S/C20H25F3N4O.2ClH/c1-12(2)27-17-4-3-13(9-16(17)25-19(27)20(21,22)23)18(28)26-7-5-14-10-24-11-15(14)6-8-26;;/h3-4,9,12,14-15,24H,5-8,10-11H2,1-2H3;2*1H/t14-,15+;;. The lowest BCUT2D eigenvalue weighted by molar-refractivity contribution is -0.147. The Kier molecular flexibility index (Phi) is 7.69. The molecule has 0 saturated carbocycles. The first-order chi connectivity index (χ1) is 13.3. The van der Waals surface area contributed by atoms with Gasteiger partial charge in [0.25, 0.3) is 5.91 Å². The number of likely N-dealkylation sites (tertiary alicyclic amines) is 1. The minimum Gasteiger partial charge on any atom is -0.339 e. The summed E-state index contributed by atoms with van der Waals surface area (Å²) in [4.78, 5) is 18.6. The first kappa shape index (κ1) is 24.8. The Morgan fingerprint density at radius 2 is 1.73 bits per heavy atom. The van der Waals surface area contributed by atoms with Gasteiger partial charge in [0.05, 0.1) is 11.0 Å². The molecule has 2 aromatic rings. The van der Waals surface area contributed by atoms with E-state index in [0.29, 0.717) is 36.0 Å². The van der Waals surface area contributed by atoms with E-state index in [4.69, 9.17) is 0 Å². The minimum atomic E-state index is -4.54. The van der Waals surface area contributed by atoms with Crippen LogP contribution in [0.3, 0.4) is 0 Å². The molecule has 0 spiro atoms. The number of carbonyl (C=O) groups is 1. The van der Waals surface area contributed by atoms with Crippen LogP contribution in [0.15, 0.2) is 18.2 Å². The summed E-state index contributed by atoms with van der Waals surface area (Å²) in [6.07, 6.45) is -2.61. The Morgan fingerprint density at radius 1 is 1.13 bits per heavy atom. The topological polar surface area (TPSA) is 50.2 Å². The molecule has 30 heavy (non-hydrogen) atoms. The molecule has 5 nitrogen and oxygen atoms in total. The number of rotatable bonds is 2. The maximum Gasteiger partial charge on any atom is 0.449 e. The number of halogens is 5. The van der Waals surface area contributed by atoms with Crippen molar-refractivity contribution < 1.29 is 18.0 Å². The number of carbonyl (C=O) groups excluding carboxylic acids is 1. The molecule has 2 saturated heterocycles. The molecule has 168 valence electrons. The van der Waals surface area contributed by atoms with Gasteiger partial charge in [-0.05, 0) is 69.8 Å². The number of amides is 1. The average Bonchev–Trinajstić information content (AvgIpc) is 3.19. The molecule has 0 aliphatic carbocycles. The number of imidazole rings is 1. The predicted molar refractivity (Wildman–Crippen MR) is 115 cm³/mol. The highest BCUT2D eigenvalue weighted by molar-refractivity contribution is 5.97. The Morgan fingerprint density at radius 3 is 2.27 bits per heavy atom. The number of aromatic nitrogens is 2. The largest absolute Gasteiger partial charge is 0.449 e. The van der Waals surface area contributed by atoms with E-state index < -0.39 is 12.0 Å². The zero-order valence-electron chi connectivity index (χ0n) is 16.9. The Bertz CT molecular complexity index is 886. The van der Waals surface area contributed by atoms with E-state index >= 15 is 0 Å². The van der Waals surface area contributed by atoms with Crippen LogP contribution in [0.1, 0.15) is 48.9 Å². The Labute approximate surface area is 186 Å². The van der Waals surface area contributed by atoms with E-state index in [0.717, 1.165) is 25.9 Å². The van der Waals surface area contributed by atoms with Gasteiger partial charge in [-0.3, -0.25) is 4.79 Å². The molecule has 2 atom stereocenters. The molecule has 1 amide bonds. The molecule has 2 aliphatic rings. The van der Waals surface area contributed by atoms with Crippen molar-refractivity contribution in [1.82, 2.24) is 19.8 Å². The Balaban J connectivity index is 0.00000160. The third-order valence-corrected chi connectivity index (χ3v) is 6.01. The van der Waals surface area contributed by atoms with Crippen LogP contribution in [0.2, 0.25) is 0 Å². The van der Waals surface area contributed by atoms with Crippen molar-refractivity contribution in [3.63, 3.8) is 0 Å². The third-order valence-electron chi connectivity index (χ3n) is 6.01. The number of hydrogen-bond acceptors (Lipinski definition) is 3. The van der Waals surface area contributed by atoms with Gasteiger partial charge in [0.1, 0.15) is 0 Å². The van der Waals surface area contributed by atoms with Crippen LogP contribution in [-0.4, -0.2) is 46.5 Å². The first-order valence-corrected chi connectivity index (χ1v) is 9.85. The van der Waals surface area contributed by atoms with E-state index in [1.165, 1.54) is 10.6 Å². The number of alkyl halides is 3. The van der Waals surface area contributed by atoms with Gasteiger partial charge in [-0.15, -0.1) is 24.8 Å². The molecule has 3 heterocycles. The molecule has 10 heteroatoms. The minimum absolute atomic E-state index is 0. The fraction of sp³-hybridized carbons (Fsp3) is 0.600. The predicted octanol–water partition coefficient (Wildman–Crippen LogP) is 4.55. The summed E-state index contributed by atoms with van der Waals surface area (Å²) in [7, 11) is 0. The van der Waals surface area contributed by atoms with Crippen molar-refractivity contribution in [2.75, 3.05) is 26.2 Å². The van der Waals surface area contributed by atoms with Crippen LogP contribution < -0.4 is 5.32 Å². The number of benzene rings is 1. The first-order valence-electron chi connectivity index (χ1n) is 9.85. The normalized spacial score (nSPS) is 21.7. The van der Waals surface area contributed by atoms with Gasteiger partial charge in [-0.25, -0.2) is 4.98 Å². The number of nitrogens with one attached hydrogen (secondary N) is 1. The summed E-state index contributed by atoms with van der Waals surface area (Å²) in [5.74, 6) is 0.174. The summed E-state index contributed by atoms with van der Waals surface area (Å²) in [5, 5.41) is 3.41. The monoisotopic (exact) mass is 466 g/mol. The fourth-order valence-corrected chi connectivity index (χ4v) is 4.56. The van der Waals surface area contributed by atoms with Gasteiger partial charge < -0.3 is 14.8 Å². The van der Waals surface area contributed by atoms with Crippen molar-refractivity contribution in [2.45, 2.75) is 38.9 Å². The van der Waals surface area contributed by atoms with E-state index in [2.05, 4.69) is 10.3 Å². The summed E-state index contributed by atoms with van der Waals surface area (Å²) in [6, 6.07) is 4.32. The molecule has 4 rings (SSSR count). The van der Waals surface area contributed by atoms with Gasteiger partial charge in [0.2, 0.25) is 5.82 Å². The SMILES string of the molecule is CC(C)n1c(C(F)(F)F)nc2cc(C(=O)N3CC[C@@H]4CNC[C@@H]4CC3)ccc21.Cl.Cl. The van der Waals surface area contributed by atoms with Gasteiger partial charge in [0.15, 0.2) is 0 Å². The van der Waals surface area contributed by atoms with Crippen LogP contribution in [0, 0.1) is 11.8 Å². The van der Waals surface area contributed by atoms with E-state index in [-0.39, 0.29) is 42.3 Å². The summed E-state index contributed by atoms with van der Waals surface area (Å²) < 4.78 is 41.4. The zero-order valence-corrected chi connectivity index (χ0v) is 18.5. The van der Waals surface area contributed by atoms with Crippen LogP contribution in [0.4, 0.5) is 13.2 Å². The van der Waals surface area contributed by atoms with E-state index in [9.17, 15) is 18.0 Å². The van der Waals surface area contributed by atoms with Gasteiger partial charge >= 0.3 is 6.18 Å². The lowest BCUT2D eigenvalue weighted by atomic mass is 9.92. The molecule has 0 bridgehead atoms. The molecule has 2 aliphatic heterocycles. The zero-order chi connectivity index (χ0) is 20.1. The second-order valence-electron chi connectivity index (χ2n) is 8.15. The van der Waals surface area contributed by atoms with Crippen LogP contribution in [-0.2, 0) is 6.18 Å². The third kappa shape index (κ3) is 4.55. The number of fused-ring (bicyclic) bond motifs is 2. The molecule has 1 aromatic heterocycles. The summed E-state index contributed by atoms with van der Waals surface area (Å²) in [6.45, 7) is 6.77. The molecule has 0 radical (unpaired) electrons. The van der Waals surface area contributed by atoms with Crippen LogP contribution in [0.25, 0.3) is 11.0 Å². The highest BCUT2D eigenvalue weighted by atomic mass is 35.5. The van der Waals surface area contributed by atoms with Crippen molar-refractivity contribution in [2.24, 2.45) is 11.8 Å². The van der Waals surface area contributed by atoms with Gasteiger partial charge in [-0.2, -0.15) is 13.2 Å². The van der Waals surface area contributed by atoms with Crippen LogP contribution >= 0.6 is 24.8 Å². The maximum absolute atomic E-state index is 13.4. The second kappa shape index (κ2) is 9.32. The average molecular weight is 467 g/mol. The molecular formula is C20H27Cl2F3N4O. The quantitative estimate of drug-likeness (QED) is 0.705. The molecule has 2 fully saturated rings. The van der Waals surface area contributed by atoms with Gasteiger partial charge in [0, 0.05) is 24.7 Å². The highest BCUT2D eigenvalue weighted by Crippen LogP contribution is 2.34. The number of hydrogen-bond donors (Lipinski definition) is 1. The van der Waals surface area contributed by atoms with Crippen molar-refractivity contribution in [3.05, 3.63) is 29.6 Å². The van der Waals surface area contributed by atoms with Crippen molar-refractivity contribution in [3.8, 4) is 0 Å². The number of nitrogens with zero attached hydrogens (tertiary/aromatic N) is 3. The molecule has 1 aromatic carbocycles. The lowest BCUT2D eigenvalue weighted by Gasteiger charge is -2.21. The van der Waals surface area contributed by atoms with E-state index in [1.807, 2.05) is 4.90 Å². The van der Waals surface area contributed by atoms with Gasteiger partial charge in [-0.1, -0.05) is 0 Å². The molecule has 0 unspecified atom stereocenters. The second-order valence-corrected chi connectivity index (χ2v) is 8.15. The van der Waals surface area contributed by atoms with Crippen LogP contribution in [0.5, 0.6) is 0 Å². The smallest absolute Gasteiger partial charge is 0.339 e. The Hall–Kier alpha value is -1.51. The highest BCUT2D eigenvalue weighted by Gasteiger charge is 2.38. The van der Waals surface area contributed by atoms with Crippen molar-refractivity contribution in [1.29, 1.82) is 0 Å². The maximum atomic E-state index is 13.4.